The van der Waals surface area contributed by atoms with Gasteiger partial charge in [0.15, 0.2) is 0 Å². The maximum absolute atomic E-state index is 11.8. The van der Waals surface area contributed by atoms with Crippen LogP contribution in [0.1, 0.15) is 19.8 Å². The van der Waals surface area contributed by atoms with E-state index in [4.69, 9.17) is 0 Å². The van der Waals surface area contributed by atoms with Crippen molar-refractivity contribution in [2.45, 2.75) is 25.3 Å². The lowest BCUT2D eigenvalue weighted by Gasteiger charge is -2.22. The van der Waals surface area contributed by atoms with Crippen LogP contribution < -0.4 is 10.6 Å². The van der Waals surface area contributed by atoms with Gasteiger partial charge in [0.2, 0.25) is 5.91 Å². The van der Waals surface area contributed by atoms with E-state index in [0.29, 0.717) is 5.00 Å². The molecular weight excluding hydrogens is 200 g/mol. The summed E-state index contributed by atoms with van der Waals surface area (Å²) < 4.78 is 3.68. The van der Waals surface area contributed by atoms with E-state index in [1.807, 2.05) is 6.92 Å². The van der Waals surface area contributed by atoms with Crippen molar-refractivity contribution in [2.75, 3.05) is 11.9 Å². The molecule has 1 fully saturated rings. The van der Waals surface area contributed by atoms with Crippen molar-refractivity contribution in [3.63, 3.8) is 0 Å². The number of anilines is 1. The Bertz CT molecular complexity index is 318. The van der Waals surface area contributed by atoms with Crippen LogP contribution in [0.15, 0.2) is 6.20 Å². The van der Waals surface area contributed by atoms with Gasteiger partial charge in [0, 0.05) is 11.5 Å². The minimum atomic E-state index is -0.427. The average Bonchev–Trinajstić information content (AvgIpc) is 2.76. The molecule has 0 radical (unpaired) electrons. The van der Waals surface area contributed by atoms with Gasteiger partial charge in [-0.15, -0.1) is 5.10 Å². The van der Waals surface area contributed by atoms with E-state index in [-0.39, 0.29) is 5.91 Å². The van der Waals surface area contributed by atoms with Crippen molar-refractivity contribution in [3.05, 3.63) is 6.20 Å². The number of nitrogens with one attached hydrogen (secondary N) is 2. The van der Waals surface area contributed by atoms with Crippen LogP contribution in [0.5, 0.6) is 0 Å². The maximum atomic E-state index is 11.8. The third-order valence-electron chi connectivity index (χ3n) is 2.47. The Balaban J connectivity index is 2.02. The van der Waals surface area contributed by atoms with Crippen LogP contribution in [-0.2, 0) is 4.79 Å². The van der Waals surface area contributed by atoms with Crippen molar-refractivity contribution < 1.29 is 4.79 Å². The highest BCUT2D eigenvalue weighted by Gasteiger charge is 2.35. The molecule has 2 heterocycles. The summed E-state index contributed by atoms with van der Waals surface area (Å²) in [5.41, 5.74) is -0.427. The summed E-state index contributed by atoms with van der Waals surface area (Å²) in [5.74, 6) is 0.000972. The van der Waals surface area contributed by atoms with Crippen LogP contribution >= 0.6 is 11.5 Å². The van der Waals surface area contributed by atoms with E-state index in [9.17, 15) is 4.79 Å². The molecule has 2 rings (SSSR count). The standard InChI is InChI=1S/C8H12N4OS/c1-8(3-2-4-9-8)7(13)11-6-5-10-12-14-6/h5,9H,2-4H2,1H3,(H,11,13). The molecule has 1 saturated heterocycles. The number of nitrogens with zero attached hydrogens (tertiary/aromatic N) is 2. The lowest BCUT2D eigenvalue weighted by molar-refractivity contribution is -0.121. The lowest BCUT2D eigenvalue weighted by atomic mass is 9.99. The van der Waals surface area contributed by atoms with E-state index >= 15 is 0 Å². The number of carbonyl (C=O) groups is 1. The van der Waals surface area contributed by atoms with Crippen LogP contribution in [0.4, 0.5) is 5.00 Å². The first-order valence-electron chi connectivity index (χ1n) is 4.54. The van der Waals surface area contributed by atoms with Crippen LogP contribution in [0.25, 0.3) is 0 Å². The predicted octanol–water partition coefficient (Wildman–Crippen LogP) is 0.619. The van der Waals surface area contributed by atoms with E-state index < -0.39 is 5.54 Å². The first-order valence-corrected chi connectivity index (χ1v) is 5.32. The Morgan fingerprint density at radius 3 is 3.21 bits per heavy atom. The van der Waals surface area contributed by atoms with Crippen molar-refractivity contribution in [1.82, 2.24) is 14.9 Å². The largest absolute Gasteiger partial charge is 0.313 e. The number of carbonyl (C=O) groups excluding carboxylic acids is 1. The van der Waals surface area contributed by atoms with Gasteiger partial charge in [-0.1, -0.05) is 4.49 Å². The van der Waals surface area contributed by atoms with Crippen LogP contribution in [0.2, 0.25) is 0 Å². The van der Waals surface area contributed by atoms with Crippen molar-refractivity contribution in [1.29, 1.82) is 0 Å². The van der Waals surface area contributed by atoms with E-state index in [0.717, 1.165) is 19.4 Å². The number of hydrogen-bond donors (Lipinski definition) is 2. The van der Waals surface area contributed by atoms with Gasteiger partial charge in [-0.05, 0) is 26.3 Å². The smallest absolute Gasteiger partial charge is 0.245 e. The fourth-order valence-corrected chi connectivity index (χ4v) is 1.98. The summed E-state index contributed by atoms with van der Waals surface area (Å²) in [6, 6.07) is 0. The van der Waals surface area contributed by atoms with Crippen LogP contribution in [-0.4, -0.2) is 27.6 Å². The van der Waals surface area contributed by atoms with Gasteiger partial charge in [0.25, 0.3) is 0 Å². The molecule has 1 aromatic heterocycles. The molecular formula is C8H12N4OS. The molecule has 1 unspecified atom stereocenters. The van der Waals surface area contributed by atoms with Crippen molar-refractivity contribution >= 4 is 22.4 Å². The second-order valence-electron chi connectivity index (χ2n) is 3.60. The summed E-state index contributed by atoms with van der Waals surface area (Å²) in [4.78, 5) is 11.8. The number of rotatable bonds is 2. The van der Waals surface area contributed by atoms with Crippen LogP contribution in [0.3, 0.4) is 0 Å². The molecule has 0 aliphatic carbocycles. The molecule has 1 amide bonds. The minimum Gasteiger partial charge on any atom is -0.313 e. The molecule has 76 valence electrons. The molecule has 0 saturated carbocycles. The minimum absolute atomic E-state index is 0.000972. The van der Waals surface area contributed by atoms with Gasteiger partial charge in [0.05, 0.1) is 11.7 Å². The molecule has 1 aliphatic rings. The highest BCUT2D eigenvalue weighted by molar-refractivity contribution is 7.10. The van der Waals surface area contributed by atoms with Gasteiger partial charge in [-0.25, -0.2) is 0 Å². The van der Waals surface area contributed by atoms with E-state index in [1.165, 1.54) is 11.5 Å². The summed E-state index contributed by atoms with van der Waals surface area (Å²) >= 11 is 1.19. The quantitative estimate of drug-likeness (QED) is 0.754. The monoisotopic (exact) mass is 212 g/mol. The maximum Gasteiger partial charge on any atom is 0.245 e. The second kappa shape index (κ2) is 3.62. The molecule has 1 atom stereocenters. The third-order valence-corrected chi connectivity index (χ3v) is 3.05. The Labute approximate surface area is 86.1 Å². The Hall–Kier alpha value is -1.01. The zero-order chi connectivity index (χ0) is 10.0. The number of amides is 1. The average molecular weight is 212 g/mol. The molecule has 2 N–H and O–H groups in total. The van der Waals surface area contributed by atoms with Crippen molar-refractivity contribution in [2.24, 2.45) is 0 Å². The molecule has 0 aromatic carbocycles. The first kappa shape index (κ1) is 9.54. The molecule has 0 spiro atoms. The predicted molar refractivity (Wildman–Crippen MR) is 54.2 cm³/mol. The number of hydrogen-bond acceptors (Lipinski definition) is 5. The normalized spacial score (nSPS) is 26.4. The molecule has 6 heteroatoms. The van der Waals surface area contributed by atoms with Gasteiger partial charge >= 0.3 is 0 Å². The fraction of sp³-hybridized carbons (Fsp3) is 0.625. The van der Waals surface area contributed by atoms with Crippen molar-refractivity contribution in [3.8, 4) is 0 Å². The SMILES string of the molecule is CC1(C(=O)Nc2cnns2)CCCN1. The van der Waals surface area contributed by atoms with Gasteiger partial charge in [0.1, 0.15) is 5.00 Å². The van der Waals surface area contributed by atoms with Gasteiger partial charge in [-0.2, -0.15) is 0 Å². The second-order valence-corrected chi connectivity index (χ2v) is 4.38. The lowest BCUT2D eigenvalue weighted by Crippen LogP contribution is -2.47. The van der Waals surface area contributed by atoms with E-state index in [1.54, 1.807) is 6.20 Å². The highest BCUT2D eigenvalue weighted by Crippen LogP contribution is 2.21. The topological polar surface area (TPSA) is 66.9 Å². The van der Waals surface area contributed by atoms with Crippen LogP contribution in [0, 0.1) is 0 Å². The molecule has 1 aliphatic heterocycles. The Kier molecular flexibility index (Phi) is 2.47. The third kappa shape index (κ3) is 1.76. The molecule has 14 heavy (non-hydrogen) atoms. The summed E-state index contributed by atoms with van der Waals surface area (Å²) in [5, 5.41) is 10.4. The summed E-state index contributed by atoms with van der Waals surface area (Å²) in [6.45, 7) is 2.83. The number of aromatic nitrogens is 2. The first-order chi connectivity index (χ1) is 6.71. The molecule has 5 nitrogen and oxygen atoms in total. The highest BCUT2D eigenvalue weighted by atomic mass is 32.1. The van der Waals surface area contributed by atoms with Gasteiger partial charge in [-0.3, -0.25) is 4.79 Å². The molecule has 1 aromatic rings. The fourth-order valence-electron chi connectivity index (χ4n) is 1.56. The Morgan fingerprint density at radius 1 is 1.79 bits per heavy atom. The zero-order valence-corrected chi connectivity index (χ0v) is 8.73. The summed E-state index contributed by atoms with van der Waals surface area (Å²) in [6.07, 6.45) is 3.48. The Morgan fingerprint density at radius 2 is 2.64 bits per heavy atom. The zero-order valence-electron chi connectivity index (χ0n) is 7.91. The van der Waals surface area contributed by atoms with E-state index in [2.05, 4.69) is 20.2 Å². The van der Waals surface area contributed by atoms with Gasteiger partial charge < -0.3 is 10.6 Å². The molecule has 0 bridgehead atoms. The summed E-state index contributed by atoms with van der Waals surface area (Å²) in [7, 11) is 0.